The summed E-state index contributed by atoms with van der Waals surface area (Å²) < 4.78 is 0. The van der Waals surface area contributed by atoms with Crippen LogP contribution in [0.25, 0.3) is 0 Å². The molecule has 0 aromatic carbocycles. The van der Waals surface area contributed by atoms with Crippen LogP contribution < -0.4 is 11.3 Å². The third-order valence-electron chi connectivity index (χ3n) is 2.84. The first-order chi connectivity index (χ1) is 8.17. The quantitative estimate of drug-likeness (QED) is 0.633. The van der Waals surface area contributed by atoms with Crippen LogP contribution in [0.1, 0.15) is 19.5 Å². The first kappa shape index (κ1) is 12.7. The lowest BCUT2D eigenvalue weighted by Gasteiger charge is -2.34. The molecule has 1 fully saturated rings. The van der Waals surface area contributed by atoms with E-state index in [1.54, 1.807) is 0 Å². The molecular weight excluding hydrogens is 232 g/mol. The van der Waals surface area contributed by atoms with Gasteiger partial charge in [0.2, 0.25) is 0 Å². The number of nitrogens with one attached hydrogen (secondary N) is 1. The molecule has 0 radical (unpaired) electrons. The van der Waals surface area contributed by atoms with Crippen molar-refractivity contribution in [2.24, 2.45) is 5.84 Å². The maximum absolute atomic E-state index is 5.37. The number of hydrogen-bond donors (Lipinski definition) is 2. The van der Waals surface area contributed by atoms with Crippen molar-refractivity contribution >= 4 is 17.6 Å². The van der Waals surface area contributed by atoms with Crippen molar-refractivity contribution in [3.8, 4) is 0 Å². The van der Waals surface area contributed by atoms with E-state index in [1.165, 1.54) is 0 Å². The highest BCUT2D eigenvalue weighted by atomic mass is 32.2. The van der Waals surface area contributed by atoms with Gasteiger partial charge in [-0.2, -0.15) is 11.8 Å². The van der Waals surface area contributed by atoms with Gasteiger partial charge in [0.25, 0.3) is 0 Å². The zero-order valence-electron chi connectivity index (χ0n) is 10.4. The molecule has 2 heterocycles. The van der Waals surface area contributed by atoms with E-state index in [1.807, 2.05) is 12.1 Å². The van der Waals surface area contributed by atoms with Crippen LogP contribution in [0.2, 0.25) is 0 Å². The van der Waals surface area contributed by atoms with E-state index in [4.69, 9.17) is 5.84 Å². The van der Waals surface area contributed by atoms with Gasteiger partial charge in [0, 0.05) is 30.1 Å². The maximum atomic E-state index is 5.37. The highest BCUT2D eigenvalue weighted by molar-refractivity contribution is 8.00. The monoisotopic (exact) mass is 252 g/mol. The zero-order valence-corrected chi connectivity index (χ0v) is 11.2. The van der Waals surface area contributed by atoms with Crippen molar-refractivity contribution in [2.75, 3.05) is 18.5 Å². The van der Waals surface area contributed by atoms with Gasteiger partial charge in [0.05, 0.1) is 5.69 Å². The number of hydrazine groups is 1. The summed E-state index contributed by atoms with van der Waals surface area (Å²) in [4.78, 5) is 6.92. The van der Waals surface area contributed by atoms with Gasteiger partial charge >= 0.3 is 0 Å². The van der Waals surface area contributed by atoms with E-state index in [-0.39, 0.29) is 0 Å². The van der Waals surface area contributed by atoms with E-state index in [0.717, 1.165) is 31.1 Å². The molecule has 1 aliphatic rings. The molecule has 1 aliphatic heterocycles. The number of thioether (sulfide) groups is 1. The summed E-state index contributed by atoms with van der Waals surface area (Å²) in [5, 5.41) is 1.41. The van der Waals surface area contributed by atoms with Crippen LogP contribution in [0.3, 0.4) is 0 Å². The van der Waals surface area contributed by atoms with Crippen molar-refractivity contribution in [1.29, 1.82) is 0 Å². The molecule has 0 bridgehead atoms. The van der Waals surface area contributed by atoms with Crippen LogP contribution >= 0.6 is 11.8 Å². The summed E-state index contributed by atoms with van der Waals surface area (Å²) in [5.41, 5.74) is 3.66. The summed E-state index contributed by atoms with van der Waals surface area (Å²) in [5.74, 6) is 6.10. The fourth-order valence-electron chi connectivity index (χ4n) is 2.29. The third kappa shape index (κ3) is 3.59. The van der Waals surface area contributed by atoms with Gasteiger partial charge in [-0.15, -0.1) is 0 Å². The van der Waals surface area contributed by atoms with Crippen LogP contribution in [0.15, 0.2) is 18.2 Å². The molecule has 1 saturated heterocycles. The van der Waals surface area contributed by atoms with Gasteiger partial charge in [0.1, 0.15) is 5.82 Å². The lowest BCUT2D eigenvalue weighted by molar-refractivity contribution is 0.260. The first-order valence-corrected chi connectivity index (χ1v) is 6.92. The number of nitrogens with zero attached hydrogens (tertiary/aromatic N) is 2. The number of hydrogen-bond acceptors (Lipinski definition) is 5. The molecular formula is C12H20N4S. The topological polar surface area (TPSA) is 54.2 Å². The van der Waals surface area contributed by atoms with Crippen molar-refractivity contribution in [2.45, 2.75) is 30.9 Å². The second kappa shape index (κ2) is 5.71. The molecule has 2 rings (SSSR count). The van der Waals surface area contributed by atoms with Crippen molar-refractivity contribution in [3.63, 3.8) is 0 Å². The van der Waals surface area contributed by atoms with E-state index in [2.05, 4.69) is 47.0 Å². The van der Waals surface area contributed by atoms with Gasteiger partial charge < -0.3 is 5.43 Å². The smallest absolute Gasteiger partial charge is 0.140 e. The van der Waals surface area contributed by atoms with E-state index >= 15 is 0 Å². The normalized spacial score (nSPS) is 25.8. The van der Waals surface area contributed by atoms with Gasteiger partial charge in [-0.1, -0.05) is 19.9 Å². The molecule has 4 nitrogen and oxygen atoms in total. The Balaban J connectivity index is 1.99. The Bertz CT molecular complexity index is 361. The Labute approximate surface area is 107 Å². The van der Waals surface area contributed by atoms with E-state index in [9.17, 15) is 0 Å². The van der Waals surface area contributed by atoms with Crippen LogP contribution in [0.5, 0.6) is 0 Å². The highest BCUT2D eigenvalue weighted by Gasteiger charge is 2.22. The predicted molar refractivity (Wildman–Crippen MR) is 73.8 cm³/mol. The minimum atomic E-state index is 0.703. The lowest BCUT2D eigenvalue weighted by Crippen LogP contribution is -2.39. The zero-order chi connectivity index (χ0) is 12.3. The first-order valence-electron chi connectivity index (χ1n) is 5.97. The SMILES string of the molecule is CC1CN(Cc2cccc(NN)n2)CC(C)S1. The van der Waals surface area contributed by atoms with Crippen molar-refractivity contribution in [3.05, 3.63) is 23.9 Å². The van der Waals surface area contributed by atoms with Gasteiger partial charge in [-0.3, -0.25) is 4.90 Å². The van der Waals surface area contributed by atoms with Gasteiger partial charge in [-0.25, -0.2) is 10.8 Å². The summed E-state index contributed by atoms with van der Waals surface area (Å²) in [6.45, 7) is 7.76. The highest BCUT2D eigenvalue weighted by Crippen LogP contribution is 2.25. The summed E-state index contributed by atoms with van der Waals surface area (Å²) in [7, 11) is 0. The molecule has 5 heteroatoms. The molecule has 94 valence electrons. The fraction of sp³-hybridized carbons (Fsp3) is 0.583. The van der Waals surface area contributed by atoms with Crippen LogP contribution in [-0.4, -0.2) is 33.5 Å². The molecule has 0 aliphatic carbocycles. The Morgan fingerprint density at radius 2 is 2.12 bits per heavy atom. The Hall–Kier alpha value is -0.780. The number of pyridine rings is 1. The minimum Gasteiger partial charge on any atom is -0.308 e. The van der Waals surface area contributed by atoms with Crippen LogP contribution in [0, 0.1) is 0 Å². The molecule has 2 unspecified atom stereocenters. The molecule has 1 aromatic rings. The minimum absolute atomic E-state index is 0.703. The average molecular weight is 252 g/mol. The van der Waals surface area contributed by atoms with Crippen molar-refractivity contribution < 1.29 is 0 Å². The fourth-order valence-corrected chi connectivity index (χ4v) is 3.68. The molecule has 2 atom stereocenters. The predicted octanol–water partition coefficient (Wildman–Crippen LogP) is 1.69. The number of anilines is 1. The van der Waals surface area contributed by atoms with Crippen molar-refractivity contribution in [1.82, 2.24) is 9.88 Å². The van der Waals surface area contributed by atoms with Gasteiger partial charge in [0.15, 0.2) is 0 Å². The Morgan fingerprint density at radius 3 is 2.76 bits per heavy atom. The number of nitrogen functional groups attached to an aromatic ring is 1. The van der Waals surface area contributed by atoms with Crippen LogP contribution in [-0.2, 0) is 6.54 Å². The third-order valence-corrected chi connectivity index (χ3v) is 4.06. The Kier molecular flexibility index (Phi) is 4.25. The second-order valence-corrected chi connectivity index (χ2v) is 6.49. The summed E-state index contributed by atoms with van der Waals surface area (Å²) >= 11 is 2.07. The standard InChI is InChI=1S/C12H20N4S/c1-9-6-16(7-10(2)17-9)8-11-4-3-5-12(14-11)15-13/h3-5,9-10H,6-8,13H2,1-2H3,(H,14,15). The summed E-state index contributed by atoms with van der Waals surface area (Å²) in [6, 6.07) is 5.92. The second-order valence-electron chi connectivity index (χ2n) is 4.61. The maximum Gasteiger partial charge on any atom is 0.140 e. The molecule has 0 saturated carbocycles. The largest absolute Gasteiger partial charge is 0.308 e. The Morgan fingerprint density at radius 1 is 1.41 bits per heavy atom. The molecule has 17 heavy (non-hydrogen) atoms. The number of rotatable bonds is 3. The van der Waals surface area contributed by atoms with Crippen LogP contribution in [0.4, 0.5) is 5.82 Å². The number of nitrogens with two attached hydrogens (primary N) is 1. The van der Waals surface area contributed by atoms with E-state index in [0.29, 0.717) is 10.5 Å². The molecule has 0 spiro atoms. The lowest BCUT2D eigenvalue weighted by atomic mass is 10.2. The van der Waals surface area contributed by atoms with E-state index < -0.39 is 0 Å². The molecule has 0 amide bonds. The molecule has 1 aromatic heterocycles. The number of aromatic nitrogens is 1. The van der Waals surface area contributed by atoms with Gasteiger partial charge in [-0.05, 0) is 12.1 Å². The average Bonchev–Trinajstić information content (AvgIpc) is 2.28. The molecule has 3 N–H and O–H groups in total. The summed E-state index contributed by atoms with van der Waals surface area (Å²) in [6.07, 6.45) is 0.